The molecule has 58 valence electrons. The molecule has 4 heteroatoms. The Morgan fingerprint density at radius 1 is 1.80 bits per heavy atom. The summed E-state index contributed by atoms with van der Waals surface area (Å²) in [5.41, 5.74) is 0. The number of ether oxygens (including phenoxy) is 1. The summed E-state index contributed by atoms with van der Waals surface area (Å²) in [6.45, 7) is 0. The first-order chi connectivity index (χ1) is 4.74. The number of hydrogen-bond acceptors (Lipinski definition) is 3. The molecule has 0 fully saturated rings. The Morgan fingerprint density at radius 3 is 2.90 bits per heavy atom. The average Bonchev–Trinajstić information content (AvgIpc) is 2.34. The van der Waals surface area contributed by atoms with Crippen LogP contribution in [0.1, 0.15) is 6.42 Å². The van der Waals surface area contributed by atoms with Crippen molar-refractivity contribution in [2.45, 2.75) is 12.5 Å². The van der Waals surface area contributed by atoms with E-state index in [4.69, 9.17) is 0 Å². The van der Waals surface area contributed by atoms with E-state index >= 15 is 0 Å². The lowest BCUT2D eigenvalue weighted by Gasteiger charge is -2.00. The average molecular weight is 161 g/mol. The summed E-state index contributed by atoms with van der Waals surface area (Å²) >= 11 is 0. The minimum Gasteiger partial charge on any atom is -0.467 e. The minimum atomic E-state index is -0.183. The van der Waals surface area contributed by atoms with Crippen LogP contribution >= 0.6 is 0 Å². The summed E-state index contributed by atoms with van der Waals surface area (Å²) < 4.78 is 8.77. The van der Waals surface area contributed by atoms with Crippen molar-refractivity contribution in [2.24, 2.45) is 4.36 Å². The highest BCUT2D eigenvalue weighted by molar-refractivity contribution is 7.86. The van der Waals surface area contributed by atoms with Crippen LogP contribution in [0, 0.1) is 0 Å². The van der Waals surface area contributed by atoms with Crippen molar-refractivity contribution in [3.63, 3.8) is 0 Å². The van der Waals surface area contributed by atoms with Gasteiger partial charge in [-0.15, -0.1) is 10.7 Å². The fourth-order valence-electron chi connectivity index (χ4n) is 0.902. The zero-order chi connectivity index (χ0) is 7.56. The second kappa shape index (κ2) is 3.14. The first-order valence-electron chi connectivity index (χ1n) is 3.15. The zero-order valence-corrected chi connectivity index (χ0v) is 6.98. The smallest absolute Gasteiger partial charge is 0.331 e. The van der Waals surface area contributed by atoms with Gasteiger partial charge in [0, 0.05) is 5.75 Å². The Morgan fingerprint density at radius 2 is 2.50 bits per heavy atom. The van der Waals surface area contributed by atoms with E-state index in [9.17, 15) is 4.79 Å². The Kier molecular flexibility index (Phi) is 2.43. The third kappa shape index (κ3) is 1.56. The third-order valence-electron chi connectivity index (χ3n) is 1.47. The molecule has 1 heterocycles. The number of carbonyl (C=O) groups excluding carboxylic acids is 1. The number of carbonyl (C=O) groups is 1. The SMILES string of the molecule is COC(=O)[C@@H]1CCS(C)=N1. The first-order valence-corrected chi connectivity index (χ1v) is 4.91. The molecule has 1 aliphatic rings. The molecule has 1 aliphatic heterocycles. The standard InChI is InChI=1S/C6H11NO2S/c1-9-6(8)5-3-4-10(2)7-5/h5H,3-4H2,1-2H3/t5-,10?/m0/s1. The fourth-order valence-corrected chi connectivity index (χ4v) is 2.20. The quantitative estimate of drug-likeness (QED) is 0.521. The number of methoxy groups -OCH3 is 1. The summed E-state index contributed by atoms with van der Waals surface area (Å²) in [6.07, 6.45) is 2.91. The molecule has 0 spiro atoms. The van der Waals surface area contributed by atoms with Gasteiger partial charge in [0.2, 0.25) is 0 Å². The zero-order valence-electron chi connectivity index (χ0n) is 6.16. The van der Waals surface area contributed by atoms with Gasteiger partial charge in [0.25, 0.3) is 0 Å². The maximum Gasteiger partial charge on any atom is 0.331 e. The number of esters is 1. The summed E-state index contributed by atoms with van der Waals surface area (Å²) in [6, 6.07) is -0.168. The second-order valence-corrected chi connectivity index (χ2v) is 4.06. The van der Waals surface area contributed by atoms with Gasteiger partial charge in [0.15, 0.2) is 6.04 Å². The van der Waals surface area contributed by atoms with Crippen molar-refractivity contribution in [1.82, 2.24) is 0 Å². The van der Waals surface area contributed by atoms with Crippen molar-refractivity contribution in [2.75, 3.05) is 19.1 Å². The molecule has 0 amide bonds. The molecule has 0 saturated heterocycles. The molecule has 0 N–H and O–H groups in total. The van der Waals surface area contributed by atoms with Crippen LogP contribution < -0.4 is 0 Å². The van der Waals surface area contributed by atoms with E-state index in [1.54, 1.807) is 0 Å². The highest BCUT2D eigenvalue weighted by Crippen LogP contribution is 2.11. The van der Waals surface area contributed by atoms with E-state index in [1.807, 2.05) is 6.26 Å². The molecule has 1 unspecified atom stereocenters. The molecule has 0 bridgehead atoms. The molecule has 0 aromatic heterocycles. The van der Waals surface area contributed by atoms with Gasteiger partial charge >= 0.3 is 5.97 Å². The molecule has 0 aromatic carbocycles. The highest BCUT2D eigenvalue weighted by atomic mass is 32.2. The van der Waals surface area contributed by atoms with E-state index in [0.717, 1.165) is 12.2 Å². The molecule has 2 atom stereocenters. The van der Waals surface area contributed by atoms with Crippen LogP contribution in [-0.4, -0.2) is 31.1 Å². The van der Waals surface area contributed by atoms with Crippen molar-refractivity contribution < 1.29 is 9.53 Å². The largest absolute Gasteiger partial charge is 0.467 e. The maximum absolute atomic E-state index is 10.8. The Bertz CT molecular complexity index is 179. The van der Waals surface area contributed by atoms with E-state index in [1.165, 1.54) is 7.11 Å². The van der Waals surface area contributed by atoms with E-state index in [-0.39, 0.29) is 22.7 Å². The number of hydrogen-bond donors (Lipinski definition) is 0. The molecule has 0 radical (unpaired) electrons. The first kappa shape index (κ1) is 7.72. The normalized spacial score (nSPS) is 31.4. The van der Waals surface area contributed by atoms with Gasteiger partial charge in [-0.05, 0) is 12.7 Å². The molecule has 0 aliphatic carbocycles. The second-order valence-electron chi connectivity index (χ2n) is 2.24. The van der Waals surface area contributed by atoms with Crippen molar-refractivity contribution in [3.8, 4) is 0 Å². The topological polar surface area (TPSA) is 38.7 Å². The molecule has 10 heavy (non-hydrogen) atoms. The van der Waals surface area contributed by atoms with Crippen molar-refractivity contribution >= 4 is 16.7 Å². The van der Waals surface area contributed by atoms with Crippen LogP contribution in [-0.2, 0) is 20.2 Å². The lowest BCUT2D eigenvalue weighted by Crippen LogP contribution is -2.17. The molecular weight excluding hydrogens is 150 g/mol. The minimum absolute atomic E-state index is 0.0991. The molecular formula is C6H11NO2S. The summed E-state index contributed by atoms with van der Waals surface area (Å²) in [5, 5.41) is 0. The van der Waals surface area contributed by atoms with Crippen LogP contribution in [0.4, 0.5) is 0 Å². The van der Waals surface area contributed by atoms with Crippen LogP contribution in [0.3, 0.4) is 0 Å². The Balaban J connectivity index is 2.52. The van der Waals surface area contributed by atoms with Crippen LogP contribution in [0.2, 0.25) is 0 Å². The number of nitrogens with zero attached hydrogens (tertiary/aromatic N) is 1. The molecule has 1 rings (SSSR count). The van der Waals surface area contributed by atoms with E-state index < -0.39 is 0 Å². The summed E-state index contributed by atoms with van der Waals surface area (Å²) in [4.78, 5) is 10.8. The summed E-state index contributed by atoms with van der Waals surface area (Å²) in [7, 11) is 1.51. The van der Waals surface area contributed by atoms with Crippen molar-refractivity contribution in [1.29, 1.82) is 0 Å². The van der Waals surface area contributed by atoms with Gasteiger partial charge in [-0.25, -0.2) is 9.16 Å². The van der Waals surface area contributed by atoms with Gasteiger partial charge in [-0.3, -0.25) is 0 Å². The molecule has 0 saturated carbocycles. The lowest BCUT2D eigenvalue weighted by atomic mass is 10.2. The van der Waals surface area contributed by atoms with Gasteiger partial charge in [0.1, 0.15) is 0 Å². The van der Waals surface area contributed by atoms with Crippen molar-refractivity contribution in [3.05, 3.63) is 0 Å². The predicted octanol–water partition coefficient (Wildman–Crippen LogP) is 0.363. The van der Waals surface area contributed by atoms with Crippen LogP contribution in [0.5, 0.6) is 0 Å². The number of rotatable bonds is 1. The Hall–Kier alpha value is -0.380. The fraction of sp³-hybridized carbons (Fsp3) is 0.833. The van der Waals surface area contributed by atoms with Gasteiger partial charge < -0.3 is 4.74 Å². The van der Waals surface area contributed by atoms with E-state index in [2.05, 4.69) is 9.10 Å². The van der Waals surface area contributed by atoms with Crippen LogP contribution in [0.25, 0.3) is 0 Å². The van der Waals surface area contributed by atoms with E-state index in [0.29, 0.717) is 0 Å². The van der Waals surface area contributed by atoms with Gasteiger partial charge in [-0.1, -0.05) is 0 Å². The maximum atomic E-state index is 10.8. The molecule has 3 nitrogen and oxygen atoms in total. The lowest BCUT2D eigenvalue weighted by molar-refractivity contribution is -0.141. The highest BCUT2D eigenvalue weighted by Gasteiger charge is 2.22. The summed E-state index contributed by atoms with van der Waals surface area (Å²) in [5.74, 6) is 0.858. The van der Waals surface area contributed by atoms with Gasteiger partial charge in [0.05, 0.1) is 7.11 Å². The monoisotopic (exact) mass is 161 g/mol. The van der Waals surface area contributed by atoms with Crippen LogP contribution in [0.15, 0.2) is 4.36 Å². The third-order valence-corrected chi connectivity index (χ3v) is 2.91. The predicted molar refractivity (Wildman–Crippen MR) is 41.0 cm³/mol. The Labute approximate surface area is 62.9 Å². The van der Waals surface area contributed by atoms with Gasteiger partial charge in [-0.2, -0.15) is 0 Å². The molecule has 0 aromatic rings.